The van der Waals surface area contributed by atoms with Gasteiger partial charge >= 0.3 is 5.75 Å². The van der Waals surface area contributed by atoms with Gasteiger partial charge in [0.05, 0.1) is 0 Å². The predicted molar refractivity (Wildman–Crippen MR) is 25.6 cm³/mol. The molecule has 1 atom stereocenters. The number of ether oxygens (including phenoxy) is 2. The normalized spacial score (nSPS) is 28.3. The molecule has 0 bridgehead atoms. The van der Waals surface area contributed by atoms with Gasteiger partial charge in [0.15, 0.2) is 0 Å². The van der Waals surface area contributed by atoms with Crippen molar-refractivity contribution in [2.75, 3.05) is 0 Å². The van der Waals surface area contributed by atoms with Crippen molar-refractivity contribution in [1.29, 1.82) is 0 Å². The average molecular weight is 121 g/mol. The fourth-order valence-electron chi connectivity index (χ4n) is 0.351. The highest BCUT2D eigenvalue weighted by atomic mass is 35.5. The minimum Gasteiger partial charge on any atom is -0.446 e. The van der Waals surface area contributed by atoms with Crippen LogP contribution in [0.5, 0.6) is 0 Å². The Kier molecular flexibility index (Phi) is 1.11. The summed E-state index contributed by atoms with van der Waals surface area (Å²) >= 11 is 5.31. The third-order valence-electron chi connectivity index (χ3n) is 0.620. The molecule has 0 aromatic carbocycles. The summed E-state index contributed by atoms with van der Waals surface area (Å²) in [7, 11) is 0. The van der Waals surface area contributed by atoms with Gasteiger partial charge in [0, 0.05) is 0 Å². The van der Waals surface area contributed by atoms with E-state index in [1.807, 2.05) is 0 Å². The minimum absolute atomic E-state index is 0.597. The highest BCUT2D eigenvalue weighted by Gasteiger charge is 2.10. The summed E-state index contributed by atoms with van der Waals surface area (Å²) < 4.78 is 9.41. The van der Waals surface area contributed by atoms with Crippen LogP contribution in [-0.4, -0.2) is 5.75 Å². The molecule has 1 aliphatic rings. The number of rotatable bonds is 0. The molecule has 1 aliphatic heterocycles. The van der Waals surface area contributed by atoms with E-state index in [2.05, 4.69) is 4.74 Å². The van der Waals surface area contributed by atoms with Crippen LogP contribution < -0.4 is 0 Å². The topological polar surface area (TPSA) is 18.5 Å². The maximum absolute atomic E-state index is 5.31. The van der Waals surface area contributed by atoms with Crippen molar-refractivity contribution in [3.05, 3.63) is 12.0 Å². The molecule has 2 nitrogen and oxygen atoms in total. The van der Waals surface area contributed by atoms with Gasteiger partial charge in [0.25, 0.3) is 0 Å². The lowest BCUT2D eigenvalue weighted by Crippen LogP contribution is -1.94. The minimum atomic E-state index is -0.597. The maximum Gasteiger partial charge on any atom is 0.321 e. The van der Waals surface area contributed by atoms with Gasteiger partial charge in [-0.2, -0.15) is 0 Å². The van der Waals surface area contributed by atoms with Gasteiger partial charge in [-0.3, -0.25) is 0 Å². The summed E-state index contributed by atoms with van der Waals surface area (Å²) in [5, 5.41) is 0. The molecule has 1 rings (SSSR count). The summed E-state index contributed by atoms with van der Waals surface area (Å²) in [4.78, 5) is 0. The molecule has 0 radical (unpaired) electrons. The molecule has 7 heavy (non-hydrogen) atoms. The highest BCUT2D eigenvalue weighted by molar-refractivity contribution is 6.19. The molecule has 0 fully saturated rings. The second-order valence-corrected chi connectivity index (χ2v) is 1.61. The summed E-state index contributed by atoms with van der Waals surface area (Å²) in [6.45, 7) is 1.78. The second kappa shape index (κ2) is 1.62. The van der Waals surface area contributed by atoms with Gasteiger partial charge in [-0.25, -0.2) is 0 Å². The van der Waals surface area contributed by atoms with Crippen molar-refractivity contribution in [1.82, 2.24) is 0 Å². The molecule has 40 valence electrons. The van der Waals surface area contributed by atoms with Crippen molar-refractivity contribution < 1.29 is 9.47 Å². The maximum atomic E-state index is 5.31. The van der Waals surface area contributed by atoms with Crippen LogP contribution in [0, 0.1) is 0 Å². The first-order valence-corrected chi connectivity index (χ1v) is 2.35. The molecule has 0 spiro atoms. The summed E-state index contributed by atoms with van der Waals surface area (Å²) in [6, 6.07) is 0. The average Bonchev–Trinajstić information content (AvgIpc) is 1.87. The van der Waals surface area contributed by atoms with Crippen molar-refractivity contribution in [2.45, 2.75) is 12.7 Å². The Morgan fingerprint density at radius 2 is 2.57 bits per heavy atom. The van der Waals surface area contributed by atoms with Gasteiger partial charge in [-0.1, -0.05) is 0 Å². The van der Waals surface area contributed by atoms with Crippen LogP contribution in [0.25, 0.3) is 0 Å². The Balaban J connectivity index is 2.42. The van der Waals surface area contributed by atoms with Crippen LogP contribution in [0.15, 0.2) is 12.0 Å². The molecule has 1 unspecified atom stereocenters. The molecule has 0 aliphatic carbocycles. The van der Waals surface area contributed by atoms with Crippen molar-refractivity contribution in [2.24, 2.45) is 0 Å². The molecule has 0 aromatic heterocycles. The van der Waals surface area contributed by atoms with Crippen LogP contribution in [0.2, 0.25) is 0 Å². The number of allylic oxidation sites excluding steroid dienone is 1. The zero-order chi connectivity index (χ0) is 5.28. The molecule has 1 heterocycles. The van der Waals surface area contributed by atoms with Crippen molar-refractivity contribution in [3.8, 4) is 0 Å². The molecule has 0 amide bonds. The number of hydrogen-bond donors (Lipinski definition) is 0. The van der Waals surface area contributed by atoms with Gasteiger partial charge < -0.3 is 9.47 Å². The van der Waals surface area contributed by atoms with Crippen LogP contribution in [-0.2, 0) is 9.47 Å². The Labute approximate surface area is 46.7 Å². The van der Waals surface area contributed by atoms with E-state index in [1.165, 1.54) is 6.26 Å². The smallest absolute Gasteiger partial charge is 0.321 e. The van der Waals surface area contributed by atoms with E-state index in [0.717, 1.165) is 5.76 Å². The van der Waals surface area contributed by atoms with E-state index in [-0.39, 0.29) is 0 Å². The number of alkyl halides is 1. The third-order valence-corrected chi connectivity index (χ3v) is 0.811. The lowest BCUT2D eigenvalue weighted by atomic mass is 10.7. The van der Waals surface area contributed by atoms with E-state index >= 15 is 0 Å². The third kappa shape index (κ3) is 0.996. The van der Waals surface area contributed by atoms with E-state index in [0.29, 0.717) is 0 Å². The first-order chi connectivity index (χ1) is 3.29. The van der Waals surface area contributed by atoms with E-state index in [1.54, 1.807) is 6.92 Å². The molecule has 0 N–H and O–H groups in total. The second-order valence-electron chi connectivity index (χ2n) is 1.26. The Hall–Kier alpha value is -0.370. The SMILES string of the molecule is CC1=COC(Cl)O1. The van der Waals surface area contributed by atoms with Gasteiger partial charge in [0.2, 0.25) is 0 Å². The summed E-state index contributed by atoms with van der Waals surface area (Å²) in [6.07, 6.45) is 1.48. The predicted octanol–water partition coefficient (Wildman–Crippen LogP) is 1.42. The lowest BCUT2D eigenvalue weighted by molar-refractivity contribution is 0.0394. The molecular formula is C4H5ClO2. The molecule has 0 saturated carbocycles. The summed E-state index contributed by atoms with van der Waals surface area (Å²) in [5.74, 6) is 0.125. The Morgan fingerprint density at radius 3 is 2.71 bits per heavy atom. The van der Waals surface area contributed by atoms with Crippen LogP contribution >= 0.6 is 11.6 Å². The standard InChI is InChI=1S/C4H5ClO2/c1-3-2-6-4(5)7-3/h2,4H,1H3. The fraction of sp³-hybridized carbons (Fsp3) is 0.500. The van der Waals surface area contributed by atoms with E-state index < -0.39 is 5.75 Å². The Morgan fingerprint density at radius 1 is 1.86 bits per heavy atom. The number of hydrogen-bond acceptors (Lipinski definition) is 2. The van der Waals surface area contributed by atoms with Crippen molar-refractivity contribution in [3.63, 3.8) is 0 Å². The lowest BCUT2D eigenvalue weighted by Gasteiger charge is -1.98. The van der Waals surface area contributed by atoms with E-state index in [4.69, 9.17) is 16.3 Å². The molecule has 3 heteroatoms. The Bertz CT molecular complexity index is 99.9. The van der Waals surface area contributed by atoms with E-state index in [9.17, 15) is 0 Å². The zero-order valence-corrected chi connectivity index (χ0v) is 4.61. The summed E-state index contributed by atoms with van der Waals surface area (Å²) in [5.41, 5.74) is 0. The van der Waals surface area contributed by atoms with Crippen LogP contribution in [0.3, 0.4) is 0 Å². The first-order valence-electron chi connectivity index (χ1n) is 1.92. The monoisotopic (exact) mass is 120 g/mol. The molecular weight excluding hydrogens is 115 g/mol. The largest absolute Gasteiger partial charge is 0.446 e. The molecule has 0 aromatic rings. The quantitative estimate of drug-likeness (QED) is 0.450. The fourth-order valence-corrected chi connectivity index (χ4v) is 0.543. The van der Waals surface area contributed by atoms with Crippen LogP contribution in [0.4, 0.5) is 0 Å². The molecule has 0 saturated heterocycles. The zero-order valence-electron chi connectivity index (χ0n) is 3.85. The highest BCUT2D eigenvalue weighted by Crippen LogP contribution is 2.14. The van der Waals surface area contributed by atoms with Gasteiger partial charge in [0.1, 0.15) is 12.0 Å². The van der Waals surface area contributed by atoms with Gasteiger partial charge in [-0.05, 0) is 18.5 Å². The van der Waals surface area contributed by atoms with Crippen LogP contribution in [0.1, 0.15) is 6.92 Å². The first kappa shape index (κ1) is 4.78. The number of halogens is 1. The van der Waals surface area contributed by atoms with Gasteiger partial charge in [-0.15, -0.1) is 0 Å². The van der Waals surface area contributed by atoms with Crippen molar-refractivity contribution >= 4 is 11.6 Å².